The number of benzene rings is 1. The largest absolute Gasteiger partial charge is 0.464 e. The Morgan fingerprint density at radius 3 is 2.19 bits per heavy atom. The third-order valence-corrected chi connectivity index (χ3v) is 7.69. The van der Waals surface area contributed by atoms with E-state index < -0.39 is 16.0 Å². The second-order valence-corrected chi connectivity index (χ2v) is 10.1. The zero-order valence-corrected chi connectivity index (χ0v) is 18.9. The number of anilines is 1. The Bertz CT molecular complexity index is 1050. The molecule has 1 N–H and O–H groups in total. The predicted octanol–water partition coefficient (Wildman–Crippen LogP) is 3.56. The molecule has 2 aromatic rings. The molecule has 8 nitrogen and oxygen atoms in total. The van der Waals surface area contributed by atoms with Gasteiger partial charge in [-0.3, -0.25) is 9.40 Å². The molecule has 2 fully saturated rings. The molecule has 0 bridgehead atoms. The Morgan fingerprint density at radius 1 is 1.03 bits per heavy atom. The first kappa shape index (κ1) is 21.8. The molecule has 31 heavy (non-hydrogen) atoms. The maximum atomic E-state index is 13.2. The highest BCUT2D eigenvalue weighted by molar-refractivity contribution is 7.92. The smallest absolute Gasteiger partial charge is 0.358 e. The van der Waals surface area contributed by atoms with Crippen LogP contribution in [-0.2, 0) is 26.5 Å². The lowest BCUT2D eigenvalue weighted by Gasteiger charge is -2.27. The van der Waals surface area contributed by atoms with Gasteiger partial charge < -0.3 is 9.47 Å². The lowest BCUT2D eigenvalue weighted by atomic mass is 9.84. The number of esters is 1. The number of nitrogens with zero attached hydrogens (tertiary/aromatic N) is 2. The molecule has 0 atom stereocenters. The number of aromatic nitrogens is 2. The van der Waals surface area contributed by atoms with E-state index in [1.165, 1.54) is 11.8 Å². The van der Waals surface area contributed by atoms with E-state index in [1.54, 1.807) is 26.3 Å². The molecule has 2 aliphatic rings. The summed E-state index contributed by atoms with van der Waals surface area (Å²) in [6.45, 7) is 0. The van der Waals surface area contributed by atoms with E-state index in [2.05, 4.69) is 9.82 Å². The number of sulfonamides is 1. The molecule has 0 spiro atoms. The summed E-state index contributed by atoms with van der Waals surface area (Å²) in [4.78, 5) is 12.6. The first-order valence-corrected chi connectivity index (χ1v) is 12.1. The molecule has 0 unspecified atom stereocenters. The third kappa shape index (κ3) is 4.48. The highest BCUT2D eigenvalue weighted by atomic mass is 32.2. The van der Waals surface area contributed by atoms with Gasteiger partial charge in [-0.1, -0.05) is 12.1 Å². The summed E-state index contributed by atoms with van der Waals surface area (Å²) < 4.78 is 40.8. The van der Waals surface area contributed by atoms with E-state index >= 15 is 0 Å². The number of aryl methyl sites for hydroxylation is 1. The van der Waals surface area contributed by atoms with Gasteiger partial charge in [-0.05, 0) is 62.1 Å². The fourth-order valence-electron chi connectivity index (χ4n) is 4.36. The number of ether oxygens (including phenoxy) is 2. The van der Waals surface area contributed by atoms with E-state index in [9.17, 15) is 13.2 Å². The van der Waals surface area contributed by atoms with Crippen LogP contribution in [0.2, 0.25) is 0 Å². The van der Waals surface area contributed by atoms with Crippen molar-refractivity contribution >= 4 is 21.7 Å². The number of carbonyl (C=O) groups is 1. The van der Waals surface area contributed by atoms with Crippen LogP contribution in [0.5, 0.6) is 0 Å². The van der Waals surface area contributed by atoms with Crippen molar-refractivity contribution in [2.75, 3.05) is 18.9 Å². The maximum absolute atomic E-state index is 13.2. The first-order valence-electron chi connectivity index (χ1n) is 10.6. The van der Waals surface area contributed by atoms with Crippen molar-refractivity contribution < 1.29 is 22.7 Å². The fraction of sp³-hybridized carbons (Fsp3) is 0.545. The molecule has 2 saturated carbocycles. The molecule has 0 aliphatic heterocycles. The molecule has 2 aliphatic carbocycles. The molecule has 0 saturated heterocycles. The van der Waals surface area contributed by atoms with E-state index in [4.69, 9.17) is 9.47 Å². The zero-order chi connectivity index (χ0) is 22.2. The summed E-state index contributed by atoms with van der Waals surface area (Å²) in [5.41, 5.74) is 2.05. The van der Waals surface area contributed by atoms with Gasteiger partial charge in [0.15, 0.2) is 5.69 Å². The van der Waals surface area contributed by atoms with Gasteiger partial charge in [-0.25, -0.2) is 13.2 Å². The molecule has 9 heteroatoms. The van der Waals surface area contributed by atoms with Crippen molar-refractivity contribution in [3.05, 3.63) is 41.2 Å². The highest BCUT2D eigenvalue weighted by Gasteiger charge is 2.33. The Kier molecular flexibility index (Phi) is 6.07. The molecular weight excluding hydrogens is 418 g/mol. The second kappa shape index (κ2) is 8.63. The van der Waals surface area contributed by atoms with Crippen LogP contribution in [0.3, 0.4) is 0 Å². The zero-order valence-electron chi connectivity index (χ0n) is 18.1. The summed E-state index contributed by atoms with van der Waals surface area (Å²) in [6, 6.07) is 6.97. The number of methoxy groups -OCH3 is 2. The number of hydrogen-bond donors (Lipinski definition) is 1. The van der Waals surface area contributed by atoms with E-state index in [0.717, 1.165) is 44.1 Å². The second-order valence-electron chi connectivity index (χ2n) is 8.38. The van der Waals surface area contributed by atoms with Gasteiger partial charge in [0.1, 0.15) is 5.69 Å². The Balaban J connectivity index is 1.67. The molecule has 0 amide bonds. The van der Waals surface area contributed by atoms with Crippen LogP contribution in [-0.4, -0.2) is 44.5 Å². The lowest BCUT2D eigenvalue weighted by Crippen LogP contribution is -2.21. The van der Waals surface area contributed by atoms with Crippen LogP contribution in [0.15, 0.2) is 29.2 Å². The topological polar surface area (TPSA) is 99.5 Å². The van der Waals surface area contributed by atoms with E-state index in [0.29, 0.717) is 11.6 Å². The van der Waals surface area contributed by atoms with Gasteiger partial charge >= 0.3 is 5.97 Å². The SMILES string of the molecule is COC(=O)c1c(NS(=O)(=O)c2ccc(C3CC3)cc2)c([C@H]2CC[C@@H](OC)CC2)nn1C. The van der Waals surface area contributed by atoms with Crippen LogP contribution in [0, 0.1) is 0 Å². The van der Waals surface area contributed by atoms with Crippen molar-refractivity contribution in [1.82, 2.24) is 9.78 Å². The van der Waals surface area contributed by atoms with Gasteiger partial charge in [0.05, 0.1) is 23.8 Å². The first-order chi connectivity index (χ1) is 14.8. The van der Waals surface area contributed by atoms with Crippen LogP contribution in [0.25, 0.3) is 0 Å². The van der Waals surface area contributed by atoms with E-state index in [-0.39, 0.29) is 28.3 Å². The minimum atomic E-state index is -3.90. The Labute approximate surface area is 183 Å². The number of rotatable bonds is 7. The molecule has 1 aromatic carbocycles. The van der Waals surface area contributed by atoms with Gasteiger partial charge in [0.2, 0.25) is 0 Å². The molecule has 168 valence electrons. The summed E-state index contributed by atoms with van der Waals surface area (Å²) in [5.74, 6) is -0.0534. The number of hydrogen-bond acceptors (Lipinski definition) is 6. The van der Waals surface area contributed by atoms with Crippen molar-refractivity contribution in [2.45, 2.75) is 61.4 Å². The Morgan fingerprint density at radius 2 is 1.65 bits per heavy atom. The summed E-state index contributed by atoms with van der Waals surface area (Å²) >= 11 is 0. The normalized spacial score (nSPS) is 21.6. The average Bonchev–Trinajstić information content (AvgIpc) is 3.58. The molecule has 1 aromatic heterocycles. The lowest BCUT2D eigenvalue weighted by molar-refractivity contribution is 0.0589. The predicted molar refractivity (Wildman–Crippen MR) is 116 cm³/mol. The summed E-state index contributed by atoms with van der Waals surface area (Å²) in [5, 5.41) is 4.53. The molecule has 4 rings (SSSR count). The monoisotopic (exact) mass is 447 g/mol. The van der Waals surface area contributed by atoms with Crippen LogP contribution in [0.1, 0.15) is 72.1 Å². The number of carbonyl (C=O) groups excluding carboxylic acids is 1. The average molecular weight is 448 g/mol. The summed E-state index contributed by atoms with van der Waals surface area (Å²) in [7, 11) is 0.700. The van der Waals surface area contributed by atoms with Crippen molar-refractivity contribution in [3.63, 3.8) is 0 Å². The van der Waals surface area contributed by atoms with Gasteiger partial charge in [0, 0.05) is 20.1 Å². The van der Waals surface area contributed by atoms with Crippen LogP contribution < -0.4 is 4.72 Å². The quantitative estimate of drug-likeness (QED) is 0.652. The standard InChI is InChI=1S/C22H29N3O5S/c1-25-21(22(26)30-3)20(19(23-25)16-6-10-17(29-2)11-7-16)24-31(27,28)18-12-8-15(9-13-18)14-4-5-14/h8-9,12-14,16-17,24H,4-7,10-11H2,1-3H3/t16-,17+. The van der Waals surface area contributed by atoms with Gasteiger partial charge in [-0.2, -0.15) is 5.10 Å². The van der Waals surface area contributed by atoms with Crippen molar-refractivity contribution in [1.29, 1.82) is 0 Å². The van der Waals surface area contributed by atoms with Crippen molar-refractivity contribution in [3.8, 4) is 0 Å². The van der Waals surface area contributed by atoms with Crippen LogP contribution >= 0.6 is 0 Å². The number of nitrogens with one attached hydrogen (secondary N) is 1. The molecule has 0 radical (unpaired) electrons. The summed E-state index contributed by atoms with van der Waals surface area (Å²) in [6.07, 6.45) is 5.83. The van der Waals surface area contributed by atoms with Crippen LogP contribution in [0.4, 0.5) is 5.69 Å². The molecular formula is C22H29N3O5S. The van der Waals surface area contributed by atoms with Gasteiger partial charge in [0.25, 0.3) is 10.0 Å². The minimum Gasteiger partial charge on any atom is -0.464 e. The van der Waals surface area contributed by atoms with E-state index in [1.807, 2.05) is 12.1 Å². The molecule has 1 heterocycles. The Hall–Kier alpha value is -2.39. The van der Waals surface area contributed by atoms with Crippen molar-refractivity contribution in [2.24, 2.45) is 7.05 Å². The van der Waals surface area contributed by atoms with Gasteiger partial charge in [-0.15, -0.1) is 0 Å². The fourth-order valence-corrected chi connectivity index (χ4v) is 5.45. The third-order valence-electron chi connectivity index (χ3n) is 6.32. The highest BCUT2D eigenvalue weighted by Crippen LogP contribution is 2.41. The minimum absolute atomic E-state index is 0.0333. The maximum Gasteiger partial charge on any atom is 0.358 e.